The van der Waals surface area contributed by atoms with Crippen molar-refractivity contribution in [2.75, 3.05) is 6.54 Å². The van der Waals surface area contributed by atoms with E-state index in [1.54, 1.807) is 6.08 Å². The van der Waals surface area contributed by atoms with E-state index in [4.69, 9.17) is 0 Å². The number of hydrogen-bond donors (Lipinski definition) is 0. The summed E-state index contributed by atoms with van der Waals surface area (Å²) in [6.45, 7) is 0.617. The Bertz CT molecular complexity index is 288. The lowest BCUT2D eigenvalue weighted by Gasteiger charge is -1.99. The Morgan fingerprint density at radius 2 is 2.00 bits per heavy atom. The van der Waals surface area contributed by atoms with Crippen LogP contribution in [-0.4, -0.2) is 12.6 Å². The molecular formula is C12H14NO. The maximum Gasteiger partial charge on any atom is 0.234 e. The molecule has 0 atom stereocenters. The second kappa shape index (κ2) is 7.05. The third kappa shape index (κ3) is 4.58. The lowest BCUT2D eigenvalue weighted by Crippen LogP contribution is -1.86. The van der Waals surface area contributed by atoms with E-state index in [0.29, 0.717) is 6.54 Å². The molecule has 0 aliphatic heterocycles. The highest BCUT2D eigenvalue weighted by Crippen LogP contribution is 2.05. The summed E-state index contributed by atoms with van der Waals surface area (Å²) in [6, 6.07) is 11.0. The summed E-state index contributed by atoms with van der Waals surface area (Å²) < 4.78 is 0. The van der Waals surface area contributed by atoms with Gasteiger partial charge in [-0.05, 0) is 30.9 Å². The van der Waals surface area contributed by atoms with Crippen LogP contribution in [0.2, 0.25) is 0 Å². The Morgan fingerprint density at radius 3 is 2.71 bits per heavy atom. The Hall–Kier alpha value is -1.40. The van der Waals surface area contributed by atoms with Gasteiger partial charge in [0.1, 0.15) is 0 Å². The van der Waals surface area contributed by atoms with Crippen molar-refractivity contribution in [1.82, 2.24) is 0 Å². The lowest BCUT2D eigenvalue weighted by molar-refractivity contribution is 0.561. The molecule has 1 aromatic rings. The third-order valence-electron chi connectivity index (χ3n) is 2.09. The first-order valence-corrected chi connectivity index (χ1v) is 4.92. The van der Waals surface area contributed by atoms with Crippen molar-refractivity contribution in [2.45, 2.75) is 25.7 Å². The van der Waals surface area contributed by atoms with Gasteiger partial charge in [-0.25, -0.2) is 9.79 Å². The van der Waals surface area contributed by atoms with Gasteiger partial charge in [0.25, 0.3) is 0 Å². The normalized spacial score (nSPS) is 9.43. The molecule has 0 bridgehead atoms. The number of unbranched alkanes of at least 4 members (excludes halogenated alkanes) is 2. The van der Waals surface area contributed by atoms with Crippen molar-refractivity contribution in [2.24, 2.45) is 4.99 Å². The minimum absolute atomic E-state index is 0.617. The van der Waals surface area contributed by atoms with Crippen LogP contribution in [0.5, 0.6) is 0 Å². The molecule has 1 rings (SSSR count). The van der Waals surface area contributed by atoms with Crippen LogP contribution in [0.1, 0.15) is 24.8 Å². The molecule has 14 heavy (non-hydrogen) atoms. The quantitative estimate of drug-likeness (QED) is 0.383. The van der Waals surface area contributed by atoms with E-state index in [0.717, 1.165) is 25.7 Å². The second-order valence-corrected chi connectivity index (χ2v) is 3.19. The molecule has 2 nitrogen and oxygen atoms in total. The van der Waals surface area contributed by atoms with Gasteiger partial charge in [0.05, 0.1) is 6.54 Å². The van der Waals surface area contributed by atoms with Crippen LogP contribution in [0, 0.1) is 6.07 Å². The molecule has 0 saturated carbocycles. The number of rotatable bonds is 6. The van der Waals surface area contributed by atoms with Gasteiger partial charge < -0.3 is 0 Å². The topological polar surface area (TPSA) is 29.4 Å². The highest BCUT2D eigenvalue weighted by atomic mass is 16.1. The SMILES string of the molecule is O=C=NCCCCCc1cc[c]cc1. The minimum Gasteiger partial charge on any atom is -0.211 e. The molecule has 1 radical (unpaired) electrons. The number of aryl methyl sites for hydroxylation is 1. The van der Waals surface area contributed by atoms with Gasteiger partial charge >= 0.3 is 0 Å². The molecule has 1 aromatic carbocycles. The molecule has 0 fully saturated rings. The smallest absolute Gasteiger partial charge is 0.211 e. The van der Waals surface area contributed by atoms with Crippen LogP contribution in [-0.2, 0) is 11.2 Å². The number of hydrogen-bond acceptors (Lipinski definition) is 2. The number of aliphatic imine (C=N–C) groups is 1. The number of nitrogens with zero attached hydrogens (tertiary/aromatic N) is 1. The molecular weight excluding hydrogens is 174 g/mol. The third-order valence-corrected chi connectivity index (χ3v) is 2.09. The van der Waals surface area contributed by atoms with E-state index in [2.05, 4.69) is 23.2 Å². The predicted octanol–water partition coefficient (Wildman–Crippen LogP) is 2.54. The zero-order valence-corrected chi connectivity index (χ0v) is 8.20. The Kier molecular flexibility index (Phi) is 5.38. The summed E-state index contributed by atoms with van der Waals surface area (Å²) in [4.78, 5) is 13.3. The summed E-state index contributed by atoms with van der Waals surface area (Å²) in [5.41, 5.74) is 1.35. The van der Waals surface area contributed by atoms with Gasteiger partial charge in [-0.3, -0.25) is 0 Å². The molecule has 0 amide bonds. The van der Waals surface area contributed by atoms with Crippen molar-refractivity contribution in [3.05, 3.63) is 35.9 Å². The van der Waals surface area contributed by atoms with E-state index in [1.807, 2.05) is 12.1 Å². The highest BCUT2D eigenvalue weighted by molar-refractivity contribution is 5.32. The molecule has 0 spiro atoms. The molecule has 0 aliphatic rings. The van der Waals surface area contributed by atoms with Crippen LogP contribution < -0.4 is 0 Å². The molecule has 2 heteroatoms. The summed E-state index contributed by atoms with van der Waals surface area (Å²) in [6.07, 6.45) is 5.89. The van der Waals surface area contributed by atoms with Crippen LogP contribution in [0.4, 0.5) is 0 Å². The molecule has 73 valence electrons. The van der Waals surface area contributed by atoms with Gasteiger partial charge in [-0.1, -0.05) is 30.7 Å². The average Bonchev–Trinajstić information content (AvgIpc) is 2.25. The Labute approximate surface area is 84.7 Å². The predicted molar refractivity (Wildman–Crippen MR) is 55.8 cm³/mol. The van der Waals surface area contributed by atoms with E-state index < -0.39 is 0 Å². The number of isocyanates is 1. The van der Waals surface area contributed by atoms with Crippen molar-refractivity contribution in [3.63, 3.8) is 0 Å². The van der Waals surface area contributed by atoms with E-state index in [-0.39, 0.29) is 0 Å². The maximum atomic E-state index is 9.76. The van der Waals surface area contributed by atoms with E-state index >= 15 is 0 Å². The molecule has 0 aliphatic carbocycles. The summed E-state index contributed by atoms with van der Waals surface area (Å²) in [7, 11) is 0. The fraction of sp³-hybridized carbons (Fsp3) is 0.417. The summed E-state index contributed by atoms with van der Waals surface area (Å²) in [5.74, 6) is 0. The van der Waals surface area contributed by atoms with Gasteiger partial charge in [-0.2, -0.15) is 0 Å². The average molecular weight is 188 g/mol. The standard InChI is InChI=1S/C12H14NO/c14-11-13-10-6-2-5-9-12-7-3-1-4-8-12/h3-4,7-8H,2,5-6,9-10H2. The van der Waals surface area contributed by atoms with Gasteiger partial charge in [0.15, 0.2) is 0 Å². The maximum absolute atomic E-state index is 9.76. The largest absolute Gasteiger partial charge is 0.234 e. The number of benzene rings is 1. The first-order valence-electron chi connectivity index (χ1n) is 4.92. The van der Waals surface area contributed by atoms with Crippen molar-refractivity contribution in [1.29, 1.82) is 0 Å². The Morgan fingerprint density at radius 1 is 1.21 bits per heavy atom. The molecule has 0 aromatic heterocycles. The minimum atomic E-state index is 0.617. The Balaban J connectivity index is 2.07. The lowest BCUT2D eigenvalue weighted by atomic mass is 10.1. The highest BCUT2D eigenvalue weighted by Gasteiger charge is 1.91. The van der Waals surface area contributed by atoms with E-state index in [9.17, 15) is 4.79 Å². The van der Waals surface area contributed by atoms with Crippen LogP contribution in [0.15, 0.2) is 29.3 Å². The summed E-state index contributed by atoms with van der Waals surface area (Å²) in [5, 5.41) is 0. The first kappa shape index (κ1) is 10.7. The zero-order valence-electron chi connectivity index (χ0n) is 8.20. The molecule has 0 unspecified atom stereocenters. The van der Waals surface area contributed by atoms with Crippen molar-refractivity contribution in [3.8, 4) is 0 Å². The van der Waals surface area contributed by atoms with Gasteiger partial charge in [0, 0.05) is 0 Å². The monoisotopic (exact) mass is 188 g/mol. The second-order valence-electron chi connectivity index (χ2n) is 3.19. The van der Waals surface area contributed by atoms with Crippen molar-refractivity contribution < 1.29 is 4.79 Å². The van der Waals surface area contributed by atoms with Gasteiger partial charge in [-0.15, -0.1) is 0 Å². The molecule has 0 saturated heterocycles. The summed E-state index contributed by atoms with van der Waals surface area (Å²) >= 11 is 0. The van der Waals surface area contributed by atoms with Crippen LogP contribution in [0.3, 0.4) is 0 Å². The van der Waals surface area contributed by atoms with Crippen LogP contribution >= 0.6 is 0 Å². The zero-order chi connectivity index (χ0) is 10.1. The molecule has 0 heterocycles. The van der Waals surface area contributed by atoms with Gasteiger partial charge in [0.2, 0.25) is 6.08 Å². The van der Waals surface area contributed by atoms with Crippen LogP contribution in [0.25, 0.3) is 0 Å². The fourth-order valence-electron chi connectivity index (χ4n) is 1.33. The van der Waals surface area contributed by atoms with E-state index in [1.165, 1.54) is 5.56 Å². The fourth-order valence-corrected chi connectivity index (χ4v) is 1.33. The number of carbonyl (C=O) groups excluding carboxylic acids is 1. The molecule has 0 N–H and O–H groups in total. The first-order chi connectivity index (χ1) is 6.93. The van der Waals surface area contributed by atoms with Crippen molar-refractivity contribution >= 4 is 6.08 Å².